The maximum absolute atomic E-state index is 13.5. The van der Waals surface area contributed by atoms with Crippen LogP contribution in [0.5, 0.6) is 5.75 Å². The number of carbonyl (C=O) groups excluding carboxylic acids is 2. The monoisotopic (exact) mass is 634 g/mol. The van der Waals surface area contributed by atoms with Gasteiger partial charge < -0.3 is 24.8 Å². The van der Waals surface area contributed by atoms with Gasteiger partial charge in [0.15, 0.2) is 0 Å². The first kappa shape index (κ1) is 32.7. The number of hydrogen-bond donors (Lipinski definition) is 1. The summed E-state index contributed by atoms with van der Waals surface area (Å²) in [6.07, 6.45) is -3.45. The number of aromatic nitrogens is 2. The molecule has 5 rings (SSSR count). The third kappa shape index (κ3) is 7.74. The maximum Gasteiger partial charge on any atom is 0.416 e. The second-order valence-corrected chi connectivity index (χ2v) is 11.7. The molecule has 3 aromatic carbocycles. The van der Waals surface area contributed by atoms with Crippen LogP contribution in [0.25, 0.3) is 10.9 Å². The molecule has 2 unspecified atom stereocenters. The van der Waals surface area contributed by atoms with Crippen molar-refractivity contribution >= 4 is 28.5 Å². The molecule has 242 valence electrons. The summed E-state index contributed by atoms with van der Waals surface area (Å²) in [4.78, 5) is 41.5. The quantitative estimate of drug-likeness (QED) is 0.278. The van der Waals surface area contributed by atoms with Gasteiger partial charge in [-0.1, -0.05) is 24.3 Å². The number of piperazine rings is 1. The van der Waals surface area contributed by atoms with Crippen molar-refractivity contribution in [1.82, 2.24) is 25.1 Å². The molecule has 9 nitrogen and oxygen atoms in total. The van der Waals surface area contributed by atoms with Crippen molar-refractivity contribution in [2.45, 2.75) is 31.7 Å². The Bertz CT molecular complexity index is 1710. The molecule has 0 bridgehead atoms. The number of carbonyl (C=O) groups is 2. The summed E-state index contributed by atoms with van der Waals surface area (Å²) >= 11 is 0. The van der Waals surface area contributed by atoms with Crippen molar-refractivity contribution < 1.29 is 27.5 Å². The second-order valence-electron chi connectivity index (χ2n) is 11.7. The van der Waals surface area contributed by atoms with E-state index in [4.69, 9.17) is 4.74 Å². The third-order valence-corrected chi connectivity index (χ3v) is 8.06. The van der Waals surface area contributed by atoms with Crippen molar-refractivity contribution in [3.63, 3.8) is 0 Å². The van der Waals surface area contributed by atoms with E-state index in [0.29, 0.717) is 28.0 Å². The van der Waals surface area contributed by atoms with E-state index >= 15 is 0 Å². The lowest BCUT2D eigenvalue weighted by Gasteiger charge is -2.33. The standard InChI is InChI=1S/C34H37F3N6O3/c1-22(24-8-6-9-26(19-24)34(35,36)37)46-27-10-5-7-23(17-27)18-30(33(45)41(2)3)40-32(44)25-11-12-28-29(20-25)38-21-39-31(28)43-15-13-42(4)14-16-43/h5-12,17,19-22,30H,13-16,18H2,1-4H3,(H,40,44). The molecule has 2 amide bonds. The molecule has 46 heavy (non-hydrogen) atoms. The summed E-state index contributed by atoms with van der Waals surface area (Å²) < 4.78 is 45.6. The third-order valence-electron chi connectivity index (χ3n) is 8.06. The fourth-order valence-electron chi connectivity index (χ4n) is 5.43. The van der Waals surface area contributed by atoms with Gasteiger partial charge in [0.1, 0.15) is 30.0 Å². The molecule has 1 N–H and O–H groups in total. The summed E-state index contributed by atoms with van der Waals surface area (Å²) in [5.41, 5.74) is 1.33. The van der Waals surface area contributed by atoms with E-state index in [1.165, 1.54) is 17.3 Å². The average Bonchev–Trinajstić information content (AvgIpc) is 3.03. The summed E-state index contributed by atoms with van der Waals surface area (Å²) in [6.45, 7) is 5.21. The zero-order valence-electron chi connectivity index (χ0n) is 26.2. The first-order valence-corrected chi connectivity index (χ1v) is 15.0. The van der Waals surface area contributed by atoms with Crippen LogP contribution < -0.4 is 15.0 Å². The highest BCUT2D eigenvalue weighted by Gasteiger charge is 2.31. The van der Waals surface area contributed by atoms with Crippen LogP contribution in [0.4, 0.5) is 19.0 Å². The summed E-state index contributed by atoms with van der Waals surface area (Å²) in [5.74, 6) is 0.537. The molecule has 0 aliphatic carbocycles. The molecule has 1 aliphatic rings. The van der Waals surface area contributed by atoms with Gasteiger partial charge in [-0.2, -0.15) is 13.2 Å². The number of anilines is 1. The van der Waals surface area contributed by atoms with Gasteiger partial charge in [-0.25, -0.2) is 9.97 Å². The van der Waals surface area contributed by atoms with Crippen molar-refractivity contribution in [3.05, 3.63) is 95.3 Å². The van der Waals surface area contributed by atoms with Gasteiger partial charge in [-0.05, 0) is 67.6 Å². The van der Waals surface area contributed by atoms with E-state index in [9.17, 15) is 22.8 Å². The van der Waals surface area contributed by atoms with E-state index in [2.05, 4.69) is 32.1 Å². The maximum atomic E-state index is 13.5. The van der Waals surface area contributed by atoms with Gasteiger partial charge in [0.05, 0.1) is 11.1 Å². The molecule has 0 saturated carbocycles. The molecule has 0 spiro atoms. The van der Waals surface area contributed by atoms with Crippen LogP contribution >= 0.6 is 0 Å². The van der Waals surface area contributed by atoms with Crippen LogP contribution in [-0.2, 0) is 17.4 Å². The van der Waals surface area contributed by atoms with Crippen LogP contribution in [0.2, 0.25) is 0 Å². The molecule has 1 aliphatic heterocycles. The van der Waals surface area contributed by atoms with Gasteiger partial charge in [-0.15, -0.1) is 0 Å². The van der Waals surface area contributed by atoms with Gasteiger partial charge in [0.2, 0.25) is 5.91 Å². The van der Waals surface area contributed by atoms with Crippen LogP contribution in [0, 0.1) is 0 Å². The molecule has 2 heterocycles. The lowest BCUT2D eigenvalue weighted by molar-refractivity contribution is -0.137. The predicted octanol–water partition coefficient (Wildman–Crippen LogP) is 4.97. The smallest absolute Gasteiger partial charge is 0.416 e. The lowest BCUT2D eigenvalue weighted by Crippen LogP contribution is -2.47. The van der Waals surface area contributed by atoms with Crippen LogP contribution in [0.1, 0.15) is 40.1 Å². The number of likely N-dealkylation sites (N-methyl/N-ethyl adjacent to an activating group) is 2. The Morgan fingerprint density at radius 1 is 0.978 bits per heavy atom. The van der Waals surface area contributed by atoms with Gasteiger partial charge in [-0.3, -0.25) is 9.59 Å². The number of halogens is 3. The molecule has 0 radical (unpaired) electrons. The molecule has 1 aromatic heterocycles. The minimum atomic E-state index is -4.46. The van der Waals surface area contributed by atoms with E-state index in [-0.39, 0.29) is 12.3 Å². The molecule has 1 fully saturated rings. The molecule has 2 atom stereocenters. The molecule has 1 saturated heterocycles. The summed E-state index contributed by atoms with van der Waals surface area (Å²) in [7, 11) is 5.32. The van der Waals surface area contributed by atoms with Crippen LogP contribution in [0.15, 0.2) is 73.1 Å². The number of amides is 2. The largest absolute Gasteiger partial charge is 0.486 e. The Hall–Kier alpha value is -4.71. The normalized spacial score (nSPS) is 15.3. The highest BCUT2D eigenvalue weighted by Crippen LogP contribution is 2.32. The molecule has 12 heteroatoms. The second kappa shape index (κ2) is 13.7. The van der Waals surface area contributed by atoms with Crippen molar-refractivity contribution in [2.24, 2.45) is 0 Å². The number of hydrogen-bond acceptors (Lipinski definition) is 7. The van der Waals surface area contributed by atoms with Crippen LogP contribution in [-0.4, -0.2) is 84.9 Å². The fraction of sp³-hybridized carbons (Fsp3) is 0.353. The van der Waals surface area contributed by atoms with E-state index in [1.807, 2.05) is 6.07 Å². The average molecular weight is 635 g/mol. The summed E-state index contributed by atoms with van der Waals surface area (Å²) in [5, 5.41) is 3.73. The minimum absolute atomic E-state index is 0.168. The predicted molar refractivity (Wildman–Crippen MR) is 170 cm³/mol. The Labute approximate surface area is 266 Å². The highest BCUT2D eigenvalue weighted by molar-refractivity contribution is 6.01. The van der Waals surface area contributed by atoms with E-state index < -0.39 is 29.8 Å². The topological polar surface area (TPSA) is 90.9 Å². The van der Waals surface area contributed by atoms with Crippen molar-refractivity contribution in [2.75, 3.05) is 52.2 Å². The summed E-state index contributed by atoms with van der Waals surface area (Å²) in [6, 6.07) is 16.3. The SMILES string of the molecule is CC(Oc1cccc(CC(NC(=O)c2ccc3c(N4CCN(C)CC4)ncnc3c2)C(=O)N(C)C)c1)c1cccc(C(F)(F)F)c1. The minimum Gasteiger partial charge on any atom is -0.486 e. The van der Waals surface area contributed by atoms with Crippen LogP contribution in [0.3, 0.4) is 0 Å². The molecule has 4 aromatic rings. The highest BCUT2D eigenvalue weighted by atomic mass is 19.4. The molecular weight excluding hydrogens is 597 g/mol. The number of rotatable bonds is 9. The fourth-order valence-corrected chi connectivity index (χ4v) is 5.43. The van der Waals surface area contributed by atoms with Gasteiger partial charge in [0.25, 0.3) is 5.91 Å². The molecular formula is C34H37F3N6O3. The lowest BCUT2D eigenvalue weighted by atomic mass is 10.0. The first-order valence-electron chi connectivity index (χ1n) is 15.0. The number of alkyl halides is 3. The Morgan fingerprint density at radius 3 is 2.43 bits per heavy atom. The van der Waals surface area contributed by atoms with Gasteiger partial charge >= 0.3 is 6.18 Å². The van der Waals surface area contributed by atoms with Gasteiger partial charge in [0, 0.05) is 57.6 Å². The number of ether oxygens (including phenoxy) is 1. The van der Waals surface area contributed by atoms with Crippen molar-refractivity contribution in [1.29, 1.82) is 0 Å². The number of fused-ring (bicyclic) bond motifs is 1. The first-order chi connectivity index (χ1) is 21.9. The Balaban J connectivity index is 1.31. The van der Waals surface area contributed by atoms with E-state index in [0.717, 1.165) is 49.5 Å². The van der Waals surface area contributed by atoms with Crippen molar-refractivity contribution in [3.8, 4) is 5.75 Å². The zero-order valence-corrected chi connectivity index (χ0v) is 26.2. The van der Waals surface area contributed by atoms with E-state index in [1.54, 1.807) is 63.5 Å². The number of nitrogens with zero attached hydrogens (tertiary/aromatic N) is 5. The Kier molecular flexibility index (Phi) is 9.76. The zero-order chi connectivity index (χ0) is 33.0. The number of benzene rings is 3. The number of nitrogens with one attached hydrogen (secondary N) is 1. The Morgan fingerprint density at radius 2 is 1.72 bits per heavy atom.